The van der Waals surface area contributed by atoms with Crippen molar-refractivity contribution in [3.8, 4) is 0 Å². The molecule has 0 aliphatic carbocycles. The van der Waals surface area contributed by atoms with Gasteiger partial charge in [0, 0.05) is 18.1 Å². The summed E-state index contributed by atoms with van der Waals surface area (Å²) in [5.74, 6) is -0.0648. The first-order valence-electron chi connectivity index (χ1n) is 6.34. The van der Waals surface area contributed by atoms with E-state index < -0.39 is 4.92 Å². The molecule has 2 rings (SSSR count). The van der Waals surface area contributed by atoms with E-state index in [2.05, 4.69) is 10.6 Å². The Morgan fingerprint density at radius 3 is 2.74 bits per heavy atom. The van der Waals surface area contributed by atoms with Crippen LogP contribution >= 0.6 is 0 Å². The van der Waals surface area contributed by atoms with Gasteiger partial charge in [-0.2, -0.15) is 0 Å². The van der Waals surface area contributed by atoms with E-state index in [0.717, 1.165) is 31.5 Å². The van der Waals surface area contributed by atoms with Gasteiger partial charge in [-0.05, 0) is 38.4 Å². The van der Waals surface area contributed by atoms with Gasteiger partial charge >= 0.3 is 0 Å². The first kappa shape index (κ1) is 13.5. The molecule has 0 bridgehead atoms. The van der Waals surface area contributed by atoms with Crippen LogP contribution in [0.3, 0.4) is 0 Å². The average molecular weight is 263 g/mol. The molecule has 2 N–H and O–H groups in total. The molecule has 0 saturated carbocycles. The minimum Gasteiger partial charge on any atom is -0.325 e. The van der Waals surface area contributed by atoms with Crippen LogP contribution in [0.1, 0.15) is 18.4 Å². The van der Waals surface area contributed by atoms with E-state index >= 15 is 0 Å². The van der Waals surface area contributed by atoms with Crippen molar-refractivity contribution in [3.63, 3.8) is 0 Å². The van der Waals surface area contributed by atoms with Gasteiger partial charge in [0.05, 0.1) is 10.6 Å². The van der Waals surface area contributed by atoms with Crippen LogP contribution in [-0.2, 0) is 4.79 Å². The fourth-order valence-corrected chi connectivity index (χ4v) is 2.18. The molecule has 1 fully saturated rings. The molecule has 1 amide bonds. The highest BCUT2D eigenvalue weighted by atomic mass is 16.6. The van der Waals surface area contributed by atoms with E-state index in [-0.39, 0.29) is 17.5 Å². The molecular formula is C13H17N3O3. The fourth-order valence-electron chi connectivity index (χ4n) is 2.18. The summed E-state index contributed by atoms with van der Waals surface area (Å²) in [6, 6.07) is 4.50. The first-order chi connectivity index (χ1) is 9.08. The largest absolute Gasteiger partial charge is 0.325 e. The summed E-state index contributed by atoms with van der Waals surface area (Å²) in [5.41, 5.74) is 1.34. The molecule has 6 nitrogen and oxygen atoms in total. The average Bonchev–Trinajstić information content (AvgIpc) is 2.42. The standard InChI is InChI=1S/C13H17N3O3/c1-9-2-3-11(16(18)19)8-12(9)15-13(17)10-4-6-14-7-5-10/h2-3,8,10,14H,4-7H2,1H3,(H,15,17). The van der Waals surface area contributed by atoms with Crippen molar-refractivity contribution in [1.82, 2.24) is 5.32 Å². The highest BCUT2D eigenvalue weighted by molar-refractivity contribution is 5.93. The number of carbonyl (C=O) groups is 1. The Labute approximate surface area is 111 Å². The summed E-state index contributed by atoms with van der Waals surface area (Å²) >= 11 is 0. The number of piperidine rings is 1. The number of anilines is 1. The monoisotopic (exact) mass is 263 g/mol. The Bertz CT molecular complexity index is 496. The highest BCUT2D eigenvalue weighted by Crippen LogP contribution is 2.23. The van der Waals surface area contributed by atoms with Crippen molar-refractivity contribution in [1.29, 1.82) is 0 Å². The van der Waals surface area contributed by atoms with Crippen molar-refractivity contribution >= 4 is 17.3 Å². The molecule has 0 aromatic heterocycles. The number of rotatable bonds is 3. The Morgan fingerprint density at radius 2 is 2.11 bits per heavy atom. The lowest BCUT2D eigenvalue weighted by atomic mass is 9.97. The summed E-state index contributed by atoms with van der Waals surface area (Å²) < 4.78 is 0. The number of carbonyl (C=O) groups excluding carboxylic acids is 1. The number of amides is 1. The molecule has 0 unspecified atom stereocenters. The van der Waals surface area contributed by atoms with Gasteiger partial charge in [-0.15, -0.1) is 0 Å². The van der Waals surface area contributed by atoms with E-state index in [1.54, 1.807) is 6.07 Å². The number of aryl methyl sites for hydroxylation is 1. The third kappa shape index (κ3) is 3.29. The van der Waals surface area contributed by atoms with E-state index in [1.165, 1.54) is 12.1 Å². The third-order valence-electron chi connectivity index (χ3n) is 3.40. The molecule has 19 heavy (non-hydrogen) atoms. The zero-order chi connectivity index (χ0) is 13.8. The zero-order valence-corrected chi connectivity index (χ0v) is 10.8. The van der Waals surface area contributed by atoms with Crippen LogP contribution in [0.25, 0.3) is 0 Å². The maximum absolute atomic E-state index is 12.1. The van der Waals surface area contributed by atoms with Gasteiger partial charge in [-0.3, -0.25) is 14.9 Å². The molecule has 102 valence electrons. The quantitative estimate of drug-likeness (QED) is 0.643. The zero-order valence-electron chi connectivity index (χ0n) is 10.8. The second kappa shape index (κ2) is 5.79. The minimum atomic E-state index is -0.459. The first-order valence-corrected chi connectivity index (χ1v) is 6.34. The molecule has 1 heterocycles. The number of benzene rings is 1. The lowest BCUT2D eigenvalue weighted by Crippen LogP contribution is -2.34. The molecule has 1 aliphatic rings. The maximum Gasteiger partial charge on any atom is 0.271 e. The highest BCUT2D eigenvalue weighted by Gasteiger charge is 2.21. The minimum absolute atomic E-state index is 0.00814. The maximum atomic E-state index is 12.1. The van der Waals surface area contributed by atoms with E-state index in [0.29, 0.717) is 5.69 Å². The molecule has 1 aromatic rings. The Morgan fingerprint density at radius 1 is 1.42 bits per heavy atom. The number of nitro groups is 1. The van der Waals surface area contributed by atoms with E-state index in [1.807, 2.05) is 6.92 Å². The summed E-state index contributed by atoms with van der Waals surface area (Å²) in [6.07, 6.45) is 1.61. The Balaban J connectivity index is 2.11. The predicted octanol–water partition coefficient (Wildman–Crippen LogP) is 1.84. The van der Waals surface area contributed by atoms with Crippen LogP contribution in [0, 0.1) is 23.0 Å². The number of hydrogen-bond donors (Lipinski definition) is 2. The van der Waals surface area contributed by atoms with Crippen molar-refractivity contribution in [2.75, 3.05) is 18.4 Å². The van der Waals surface area contributed by atoms with Gasteiger partial charge in [-0.1, -0.05) is 6.07 Å². The molecule has 0 spiro atoms. The number of hydrogen-bond acceptors (Lipinski definition) is 4. The predicted molar refractivity (Wildman–Crippen MR) is 72.1 cm³/mol. The molecule has 1 aliphatic heterocycles. The van der Waals surface area contributed by atoms with Crippen LogP contribution in [0.2, 0.25) is 0 Å². The fraction of sp³-hybridized carbons (Fsp3) is 0.462. The van der Waals surface area contributed by atoms with Crippen LogP contribution in [-0.4, -0.2) is 23.9 Å². The van der Waals surface area contributed by atoms with Crippen molar-refractivity contribution in [2.45, 2.75) is 19.8 Å². The lowest BCUT2D eigenvalue weighted by molar-refractivity contribution is -0.384. The van der Waals surface area contributed by atoms with Crippen LogP contribution in [0.15, 0.2) is 18.2 Å². The molecule has 0 atom stereocenters. The third-order valence-corrected chi connectivity index (χ3v) is 3.40. The van der Waals surface area contributed by atoms with Gasteiger partial charge in [-0.25, -0.2) is 0 Å². The van der Waals surface area contributed by atoms with Gasteiger partial charge in [0.25, 0.3) is 5.69 Å². The summed E-state index contributed by atoms with van der Waals surface area (Å²) in [5, 5.41) is 16.7. The van der Waals surface area contributed by atoms with Gasteiger partial charge in [0.15, 0.2) is 0 Å². The molecular weight excluding hydrogens is 246 g/mol. The molecule has 0 radical (unpaired) electrons. The van der Waals surface area contributed by atoms with E-state index in [9.17, 15) is 14.9 Å². The number of nitrogens with zero attached hydrogens (tertiary/aromatic N) is 1. The van der Waals surface area contributed by atoms with Crippen molar-refractivity contribution < 1.29 is 9.72 Å². The Hall–Kier alpha value is -1.95. The van der Waals surface area contributed by atoms with Crippen LogP contribution in [0.4, 0.5) is 11.4 Å². The molecule has 6 heteroatoms. The van der Waals surface area contributed by atoms with Crippen LogP contribution < -0.4 is 10.6 Å². The number of nitro benzene ring substituents is 1. The summed E-state index contributed by atoms with van der Waals surface area (Å²) in [6.45, 7) is 3.50. The summed E-state index contributed by atoms with van der Waals surface area (Å²) in [4.78, 5) is 22.4. The normalized spacial score (nSPS) is 16.1. The summed E-state index contributed by atoms with van der Waals surface area (Å²) in [7, 11) is 0. The lowest BCUT2D eigenvalue weighted by Gasteiger charge is -2.22. The topological polar surface area (TPSA) is 84.3 Å². The van der Waals surface area contributed by atoms with E-state index in [4.69, 9.17) is 0 Å². The van der Waals surface area contributed by atoms with Crippen molar-refractivity contribution in [2.24, 2.45) is 5.92 Å². The smallest absolute Gasteiger partial charge is 0.271 e. The SMILES string of the molecule is Cc1ccc([N+](=O)[O-])cc1NC(=O)C1CCNCC1. The van der Waals surface area contributed by atoms with Gasteiger partial charge in [0.1, 0.15) is 0 Å². The van der Waals surface area contributed by atoms with Crippen LogP contribution in [0.5, 0.6) is 0 Å². The molecule has 1 saturated heterocycles. The van der Waals surface area contributed by atoms with Gasteiger partial charge in [0.2, 0.25) is 5.91 Å². The second-order valence-corrected chi connectivity index (χ2v) is 4.77. The number of nitrogens with one attached hydrogen (secondary N) is 2. The Kier molecular flexibility index (Phi) is 4.11. The second-order valence-electron chi connectivity index (χ2n) is 4.77. The van der Waals surface area contributed by atoms with Gasteiger partial charge < -0.3 is 10.6 Å². The molecule has 1 aromatic carbocycles. The number of non-ortho nitro benzene ring substituents is 1. The van der Waals surface area contributed by atoms with Crippen molar-refractivity contribution in [3.05, 3.63) is 33.9 Å².